The summed E-state index contributed by atoms with van der Waals surface area (Å²) in [6, 6.07) is 3.78. The molecule has 0 saturated carbocycles. The van der Waals surface area contributed by atoms with Crippen molar-refractivity contribution >= 4 is 22.5 Å². The monoisotopic (exact) mass is 494 g/mol. The molecule has 1 aliphatic carbocycles. The fourth-order valence-electron chi connectivity index (χ4n) is 5.86. The summed E-state index contributed by atoms with van der Waals surface area (Å²) in [5, 5.41) is 10.4. The number of allylic oxidation sites excluding steroid dienone is 2. The van der Waals surface area contributed by atoms with E-state index >= 15 is 0 Å². The van der Waals surface area contributed by atoms with Gasteiger partial charge in [-0.15, -0.1) is 6.42 Å². The van der Waals surface area contributed by atoms with Gasteiger partial charge in [0.15, 0.2) is 0 Å². The van der Waals surface area contributed by atoms with Crippen molar-refractivity contribution in [1.29, 1.82) is 5.26 Å². The Morgan fingerprint density at radius 3 is 2.70 bits per heavy atom. The molecule has 1 fully saturated rings. The third-order valence-electron chi connectivity index (χ3n) is 7.69. The van der Waals surface area contributed by atoms with E-state index in [4.69, 9.17) is 11.2 Å². The van der Waals surface area contributed by atoms with E-state index in [0.717, 1.165) is 70.5 Å². The molecule has 3 aromatic rings. The number of hydrogen-bond donors (Lipinski definition) is 0. The van der Waals surface area contributed by atoms with Gasteiger partial charge in [-0.05, 0) is 51.5 Å². The largest absolute Gasteiger partial charge is 0.496 e. The van der Waals surface area contributed by atoms with E-state index in [1.54, 1.807) is 24.4 Å². The topological polar surface area (TPSA) is 96.9 Å². The van der Waals surface area contributed by atoms with Gasteiger partial charge in [-0.1, -0.05) is 12.0 Å². The second kappa shape index (κ2) is 9.71. The number of hydrogen-bond acceptors (Lipinski definition) is 6. The lowest BCUT2D eigenvalue weighted by atomic mass is 9.84. The Kier molecular flexibility index (Phi) is 6.43. The third kappa shape index (κ3) is 4.03. The van der Waals surface area contributed by atoms with Crippen molar-refractivity contribution in [2.24, 2.45) is 13.0 Å². The average Bonchev–Trinajstić information content (AvgIpc) is 3.51. The first-order valence-electron chi connectivity index (χ1n) is 12.6. The summed E-state index contributed by atoms with van der Waals surface area (Å²) in [6.45, 7) is 4.60. The Morgan fingerprint density at radius 1 is 1.22 bits per heavy atom. The van der Waals surface area contributed by atoms with Crippen molar-refractivity contribution in [3.63, 3.8) is 0 Å². The van der Waals surface area contributed by atoms with Gasteiger partial charge in [-0.25, -0.2) is 15.0 Å². The number of aromatic nitrogens is 4. The van der Waals surface area contributed by atoms with E-state index in [1.807, 2.05) is 20.9 Å². The lowest BCUT2D eigenvalue weighted by Crippen LogP contribution is -2.39. The van der Waals surface area contributed by atoms with Crippen LogP contribution in [0, 0.1) is 43.4 Å². The normalized spacial score (nSPS) is 19.4. The summed E-state index contributed by atoms with van der Waals surface area (Å²) in [7, 11) is 3.63. The first-order valence-corrected chi connectivity index (χ1v) is 12.6. The fraction of sp³-hybridized carbons (Fsp3) is 0.414. The second-order valence-corrected chi connectivity index (χ2v) is 9.77. The number of rotatable bonds is 4. The number of terminal acetylenes is 1. The minimum atomic E-state index is -0.295. The zero-order valence-electron chi connectivity index (χ0n) is 21.7. The Labute approximate surface area is 217 Å². The van der Waals surface area contributed by atoms with E-state index in [2.05, 4.69) is 37.6 Å². The van der Waals surface area contributed by atoms with Gasteiger partial charge in [-0.3, -0.25) is 4.79 Å². The fourth-order valence-corrected chi connectivity index (χ4v) is 5.86. The number of amides is 1. The quantitative estimate of drug-likeness (QED) is 0.501. The molecule has 1 saturated heterocycles. The second-order valence-electron chi connectivity index (χ2n) is 9.77. The van der Waals surface area contributed by atoms with Gasteiger partial charge >= 0.3 is 0 Å². The molecule has 4 heterocycles. The van der Waals surface area contributed by atoms with E-state index in [-0.39, 0.29) is 17.9 Å². The van der Waals surface area contributed by atoms with Crippen LogP contribution in [-0.4, -0.2) is 50.0 Å². The number of ether oxygens (including phenoxy) is 1. The number of nitriles is 1. The number of methoxy groups -OCH3 is 1. The number of likely N-dealkylation sites (tertiary alicyclic amines) is 1. The molecular formula is C29H30N6O2. The maximum atomic E-state index is 13.2. The minimum Gasteiger partial charge on any atom is -0.496 e. The molecule has 0 N–H and O–H groups in total. The highest BCUT2D eigenvalue weighted by Gasteiger charge is 2.35. The van der Waals surface area contributed by atoms with E-state index in [9.17, 15) is 10.1 Å². The highest BCUT2D eigenvalue weighted by Crippen LogP contribution is 2.45. The van der Waals surface area contributed by atoms with Crippen molar-refractivity contribution in [3.05, 3.63) is 41.1 Å². The summed E-state index contributed by atoms with van der Waals surface area (Å²) < 4.78 is 7.86. The van der Waals surface area contributed by atoms with Crippen molar-refractivity contribution in [2.45, 2.75) is 52.0 Å². The molecule has 2 atom stereocenters. The molecule has 37 heavy (non-hydrogen) atoms. The van der Waals surface area contributed by atoms with Crippen LogP contribution in [0.2, 0.25) is 0 Å². The minimum absolute atomic E-state index is 0.101. The Hall–Kier alpha value is -4.17. The van der Waals surface area contributed by atoms with Crippen LogP contribution in [0.25, 0.3) is 27.9 Å². The van der Waals surface area contributed by atoms with Crippen molar-refractivity contribution in [3.8, 4) is 35.4 Å². The highest BCUT2D eigenvalue weighted by atomic mass is 16.5. The molecule has 0 radical (unpaired) electrons. The molecule has 3 aromatic heterocycles. The number of pyridine rings is 1. The van der Waals surface area contributed by atoms with E-state index in [1.165, 1.54) is 0 Å². The number of nitrogens with zero attached hydrogens (tertiary/aromatic N) is 6. The van der Waals surface area contributed by atoms with Crippen LogP contribution in [-0.2, 0) is 11.8 Å². The Morgan fingerprint density at radius 2 is 2.03 bits per heavy atom. The van der Waals surface area contributed by atoms with Gasteiger partial charge in [0, 0.05) is 36.5 Å². The van der Waals surface area contributed by atoms with Crippen LogP contribution >= 0.6 is 0 Å². The summed E-state index contributed by atoms with van der Waals surface area (Å²) in [4.78, 5) is 28.8. The van der Waals surface area contributed by atoms with Crippen LogP contribution in [0.5, 0.6) is 5.75 Å². The summed E-state index contributed by atoms with van der Waals surface area (Å²) in [5.41, 5.74) is 7.02. The number of fused-ring (bicyclic) bond motifs is 1. The smallest absolute Gasteiger partial charge is 0.227 e. The molecule has 8 nitrogen and oxygen atoms in total. The molecule has 0 unspecified atom stereocenters. The molecule has 0 bridgehead atoms. The molecule has 0 aromatic carbocycles. The lowest BCUT2D eigenvalue weighted by molar-refractivity contribution is -0.135. The van der Waals surface area contributed by atoms with Crippen LogP contribution in [0.15, 0.2) is 18.5 Å². The zero-order chi connectivity index (χ0) is 26.3. The number of aryl methyl sites for hydroxylation is 3. The van der Waals surface area contributed by atoms with Crippen LogP contribution in [0.3, 0.4) is 0 Å². The SMILES string of the molecule is C#Cc1cc(OC)c(-c2c(C3=CC[C@H](C(=O)N4CCC[C@H]4C#N)CC3)c3c(C)ncnc3n2C)c(C)n1. The standard InChI is InChI=1S/C29H30N6O2/c1-6-21-14-23(37-5)24(18(3)33-21)27-26(25-17(2)31-16-32-28(25)34(27)4)19-9-11-20(12-10-19)29(36)35-13-7-8-22(35)15-30/h1,9,14,16,20,22H,7-8,10-13H2,2-5H3/t20-,22-/m0/s1. The maximum Gasteiger partial charge on any atom is 0.227 e. The summed E-state index contributed by atoms with van der Waals surface area (Å²) >= 11 is 0. The summed E-state index contributed by atoms with van der Waals surface area (Å²) in [6.07, 6.45) is 13.2. The predicted octanol–water partition coefficient (Wildman–Crippen LogP) is 4.34. The molecule has 188 valence electrons. The summed E-state index contributed by atoms with van der Waals surface area (Å²) in [5.74, 6) is 3.25. The van der Waals surface area contributed by atoms with E-state index < -0.39 is 0 Å². The van der Waals surface area contributed by atoms with Gasteiger partial charge in [0.2, 0.25) is 5.91 Å². The molecule has 8 heteroatoms. The van der Waals surface area contributed by atoms with Crippen molar-refractivity contribution in [2.75, 3.05) is 13.7 Å². The van der Waals surface area contributed by atoms with Crippen LogP contribution in [0.1, 0.15) is 54.7 Å². The highest BCUT2D eigenvalue weighted by molar-refractivity contribution is 6.02. The lowest BCUT2D eigenvalue weighted by Gasteiger charge is -2.28. The average molecular weight is 495 g/mol. The number of carbonyl (C=O) groups is 1. The zero-order valence-corrected chi connectivity index (χ0v) is 21.7. The Balaban J connectivity index is 1.63. The molecule has 5 rings (SSSR count). The molecule has 1 amide bonds. The van der Waals surface area contributed by atoms with Gasteiger partial charge in [0.05, 0.1) is 35.8 Å². The van der Waals surface area contributed by atoms with E-state index in [0.29, 0.717) is 24.4 Å². The third-order valence-corrected chi connectivity index (χ3v) is 7.69. The first-order chi connectivity index (χ1) is 17.9. The molecular weight excluding hydrogens is 464 g/mol. The van der Waals surface area contributed by atoms with Crippen LogP contribution < -0.4 is 4.74 Å². The van der Waals surface area contributed by atoms with Gasteiger partial charge in [0.25, 0.3) is 0 Å². The Bertz CT molecular complexity index is 1520. The maximum absolute atomic E-state index is 13.2. The molecule has 0 spiro atoms. The first kappa shape index (κ1) is 24.5. The van der Waals surface area contributed by atoms with Gasteiger partial charge < -0.3 is 14.2 Å². The van der Waals surface area contributed by atoms with Gasteiger partial charge in [0.1, 0.15) is 29.5 Å². The molecule has 2 aliphatic rings. The molecule has 1 aliphatic heterocycles. The van der Waals surface area contributed by atoms with Crippen LogP contribution in [0.4, 0.5) is 0 Å². The van der Waals surface area contributed by atoms with Crippen molar-refractivity contribution < 1.29 is 9.53 Å². The number of carbonyl (C=O) groups excluding carboxylic acids is 1. The van der Waals surface area contributed by atoms with Crippen molar-refractivity contribution in [1.82, 2.24) is 24.4 Å². The predicted molar refractivity (Wildman–Crippen MR) is 141 cm³/mol. The van der Waals surface area contributed by atoms with Gasteiger partial charge in [-0.2, -0.15) is 5.26 Å².